The molecule has 0 radical (unpaired) electrons. The first-order valence-corrected chi connectivity index (χ1v) is 30.8. The van der Waals surface area contributed by atoms with E-state index in [4.69, 9.17) is 20.7 Å². The lowest BCUT2D eigenvalue weighted by atomic mass is 10.0. The van der Waals surface area contributed by atoms with Gasteiger partial charge in [0.15, 0.2) is 0 Å². The average Bonchev–Trinajstić information content (AvgIpc) is 1.49. The van der Waals surface area contributed by atoms with Gasteiger partial charge in [-0.05, 0) is 55.7 Å². The van der Waals surface area contributed by atoms with E-state index >= 15 is 0 Å². The van der Waals surface area contributed by atoms with Crippen molar-refractivity contribution in [3.63, 3.8) is 0 Å². The zero-order valence-electron chi connectivity index (χ0n) is 50.5. The third-order valence-corrected chi connectivity index (χ3v) is 18.0. The summed E-state index contributed by atoms with van der Waals surface area (Å²) >= 11 is 0. The fraction of sp³-hybridized carbons (Fsp3) is 0.232. The van der Waals surface area contributed by atoms with Gasteiger partial charge in [-0.25, -0.2) is 15.0 Å². The number of hydrogen-bond donors (Lipinski definition) is 9. The lowest BCUT2D eigenvalue weighted by molar-refractivity contribution is -0.138. The number of carbonyl (C=O) groups excluding carboxylic acids is 10. The van der Waals surface area contributed by atoms with Gasteiger partial charge >= 0.3 is 0 Å². The Morgan fingerprint density at radius 1 is 0.415 bits per heavy atom. The maximum absolute atomic E-state index is 14.8. The third kappa shape index (κ3) is 11.0. The molecule has 0 bridgehead atoms. The normalized spacial score (nSPS) is 18.8. The van der Waals surface area contributed by atoms with Gasteiger partial charge in [0, 0.05) is 88.0 Å². The molecule has 6 unspecified atom stereocenters. The standard InChI is InChI=1S/C69H61N15O10/c1-35(85)74-36-27-52(83(32-36)56(88)31-73-69(94)59-42-17-5-11-23-48(42)79-61-44-19-7-13-25-50(44)81-63(59)61)65(90)76-38-28-53(84(34-38)55(87)30-71-67(92)57-39-14-2-8-20-45(39)77-46-21-9-3-15-40(46)57)66(91)75-37-26-51(64(70)89)82(33-37)54(86)29-72-68(93)58-41-16-4-10-22-47(41)78-60-43-18-6-12-24-49(43)80-62(58)60/h2-25,36-38,51-53,80-81H,26-34H2,1H3,(H2,70,89)(H,71,92)(H,72,93)(H,73,94)(H,74,85)(H,75,91)(H,76,90). The number of H-pyrrole nitrogens is 2. The van der Waals surface area contributed by atoms with Gasteiger partial charge in [-0.2, -0.15) is 0 Å². The lowest BCUT2D eigenvalue weighted by Gasteiger charge is -2.26. The van der Waals surface area contributed by atoms with E-state index in [9.17, 15) is 47.9 Å². The van der Waals surface area contributed by atoms with Gasteiger partial charge in [0.1, 0.15) is 18.1 Å². The quantitative estimate of drug-likeness (QED) is 0.0654. The summed E-state index contributed by atoms with van der Waals surface area (Å²) in [7, 11) is 0. The molecule has 3 aliphatic heterocycles. The van der Waals surface area contributed by atoms with Gasteiger partial charge in [-0.3, -0.25) is 47.9 Å². The van der Waals surface area contributed by atoms with Crippen molar-refractivity contribution in [1.29, 1.82) is 0 Å². The van der Waals surface area contributed by atoms with Crippen LogP contribution in [0.5, 0.6) is 0 Å². The summed E-state index contributed by atoms with van der Waals surface area (Å²) in [5.74, 6) is -6.38. The number of aromatic nitrogens is 5. The molecule has 6 atom stereocenters. The first-order chi connectivity index (χ1) is 45.5. The predicted molar refractivity (Wildman–Crippen MR) is 349 cm³/mol. The molecule has 6 aromatic carbocycles. The van der Waals surface area contributed by atoms with Crippen molar-refractivity contribution in [3.05, 3.63) is 162 Å². The van der Waals surface area contributed by atoms with Crippen molar-refractivity contribution in [2.75, 3.05) is 39.3 Å². The minimum absolute atomic E-state index is 0.0182. The molecule has 3 fully saturated rings. The van der Waals surface area contributed by atoms with Crippen LogP contribution in [0.25, 0.3) is 87.5 Å². The van der Waals surface area contributed by atoms with Gasteiger partial charge in [-0.15, -0.1) is 0 Å². The first-order valence-electron chi connectivity index (χ1n) is 30.8. The number of amides is 10. The number of benzene rings is 6. The summed E-state index contributed by atoms with van der Waals surface area (Å²) in [5, 5.41) is 20.7. The summed E-state index contributed by atoms with van der Waals surface area (Å²) in [5.41, 5.74) is 12.5. The summed E-state index contributed by atoms with van der Waals surface area (Å²) < 4.78 is 0. The van der Waals surface area contributed by atoms with Gasteiger partial charge < -0.3 is 62.3 Å². The second kappa shape index (κ2) is 24.4. The summed E-state index contributed by atoms with van der Waals surface area (Å²) in [6, 6.07) is 37.2. The molecule has 0 spiro atoms. The number of rotatable bonds is 15. The number of hydrogen-bond acceptors (Lipinski definition) is 13. The number of fused-ring (bicyclic) bond motifs is 10. The van der Waals surface area contributed by atoms with Crippen LogP contribution in [0, 0.1) is 0 Å². The van der Waals surface area contributed by atoms with Gasteiger partial charge in [-0.1, -0.05) is 109 Å². The van der Waals surface area contributed by atoms with Crippen LogP contribution >= 0.6 is 0 Å². The van der Waals surface area contributed by atoms with Crippen LogP contribution in [0.4, 0.5) is 0 Å². The Kier molecular flexibility index (Phi) is 15.5. The minimum atomic E-state index is -1.30. The van der Waals surface area contributed by atoms with E-state index in [1.54, 1.807) is 91.0 Å². The zero-order valence-corrected chi connectivity index (χ0v) is 50.5. The van der Waals surface area contributed by atoms with E-state index in [-0.39, 0.29) is 55.6 Å². The molecule has 11 aromatic rings. The molecule has 3 aliphatic rings. The van der Waals surface area contributed by atoms with Crippen LogP contribution < -0.4 is 37.6 Å². The molecule has 14 rings (SSSR count). The fourth-order valence-electron chi connectivity index (χ4n) is 13.8. The number of primary amides is 1. The highest BCUT2D eigenvalue weighted by atomic mass is 16.2. The minimum Gasteiger partial charge on any atom is -0.368 e. The second-order valence-corrected chi connectivity index (χ2v) is 24.0. The van der Waals surface area contributed by atoms with Crippen LogP contribution in [0.3, 0.4) is 0 Å². The fourth-order valence-corrected chi connectivity index (χ4v) is 13.8. The first kappa shape index (κ1) is 59.7. The molecule has 472 valence electrons. The monoisotopic (exact) mass is 1260 g/mol. The smallest absolute Gasteiger partial charge is 0.254 e. The Morgan fingerprint density at radius 3 is 1.13 bits per heavy atom. The number of para-hydroxylation sites is 6. The SMILES string of the molecule is CC(=O)NC1CC(C(=O)NC2CC(C(=O)NC3CC(C(N)=O)N(C(=O)CNC(=O)c4c5ccccc5nc5c4[nH]c4ccccc45)C3)N(C(=O)CNC(=O)c3c4ccccc4nc4ccccc34)C2)N(C(=O)CNC(=O)c2c3ccccc3nc3c2[nH]c2ccccc23)C1. The molecule has 5 aromatic heterocycles. The number of nitrogens with zero attached hydrogens (tertiary/aromatic N) is 6. The highest BCUT2D eigenvalue weighted by Crippen LogP contribution is 2.34. The Hall–Kier alpha value is -11.9. The Balaban J connectivity index is 0.692. The Bertz CT molecular complexity index is 4990. The van der Waals surface area contributed by atoms with E-state index in [2.05, 4.69) is 41.9 Å². The highest BCUT2D eigenvalue weighted by Gasteiger charge is 2.46. The van der Waals surface area contributed by atoms with E-state index in [0.29, 0.717) is 65.7 Å². The van der Waals surface area contributed by atoms with Gasteiger partial charge in [0.2, 0.25) is 41.4 Å². The van der Waals surface area contributed by atoms with Crippen molar-refractivity contribution in [2.45, 2.75) is 62.4 Å². The largest absolute Gasteiger partial charge is 0.368 e. The zero-order chi connectivity index (χ0) is 65.1. The van der Waals surface area contributed by atoms with Crippen LogP contribution in [0.2, 0.25) is 0 Å². The molecule has 10 N–H and O–H groups in total. The van der Waals surface area contributed by atoms with Crippen molar-refractivity contribution < 1.29 is 47.9 Å². The van der Waals surface area contributed by atoms with E-state index in [1.165, 1.54) is 21.6 Å². The van der Waals surface area contributed by atoms with Crippen molar-refractivity contribution in [2.24, 2.45) is 5.73 Å². The molecule has 0 saturated carbocycles. The summed E-state index contributed by atoms with van der Waals surface area (Å²) in [6.07, 6.45) is -0.307. The Labute approximate surface area is 533 Å². The predicted octanol–water partition coefficient (Wildman–Crippen LogP) is 4.11. The summed E-state index contributed by atoms with van der Waals surface area (Å²) in [4.78, 5) is 166. The van der Waals surface area contributed by atoms with Gasteiger partial charge in [0.25, 0.3) is 17.7 Å². The molecule has 3 saturated heterocycles. The molecule has 0 aliphatic carbocycles. The molecule has 10 amide bonds. The van der Waals surface area contributed by atoms with E-state index < -0.39 is 115 Å². The molecule has 8 heterocycles. The Morgan fingerprint density at radius 2 is 0.734 bits per heavy atom. The summed E-state index contributed by atoms with van der Waals surface area (Å²) in [6.45, 7) is -0.910. The topological polar surface area (TPSA) is 349 Å². The molecule has 25 heteroatoms. The lowest BCUT2D eigenvalue weighted by Crippen LogP contribution is -2.52. The maximum atomic E-state index is 14.8. The number of aromatic amines is 2. The van der Waals surface area contributed by atoms with E-state index in [1.807, 2.05) is 54.6 Å². The van der Waals surface area contributed by atoms with Crippen molar-refractivity contribution >= 4 is 147 Å². The van der Waals surface area contributed by atoms with Crippen LogP contribution in [0.1, 0.15) is 57.3 Å². The number of nitrogens with two attached hydrogens (primary N) is 1. The van der Waals surface area contributed by atoms with Crippen LogP contribution in [0.15, 0.2) is 146 Å². The van der Waals surface area contributed by atoms with Crippen LogP contribution in [-0.4, -0.2) is 174 Å². The van der Waals surface area contributed by atoms with Crippen LogP contribution in [-0.2, 0) is 33.6 Å². The van der Waals surface area contributed by atoms with E-state index in [0.717, 1.165) is 21.8 Å². The molecular formula is C69H61N15O10. The number of pyridine rings is 3. The number of nitrogens with one attached hydrogen (secondary N) is 8. The number of likely N-dealkylation sites (tertiary alicyclic amines) is 3. The highest BCUT2D eigenvalue weighted by molar-refractivity contribution is 6.22. The van der Waals surface area contributed by atoms with Crippen molar-refractivity contribution in [3.8, 4) is 0 Å². The van der Waals surface area contributed by atoms with Crippen molar-refractivity contribution in [1.82, 2.24) is 71.5 Å². The molecule has 94 heavy (non-hydrogen) atoms. The maximum Gasteiger partial charge on any atom is 0.254 e. The molecular weight excluding hydrogens is 1200 g/mol. The second-order valence-electron chi connectivity index (χ2n) is 24.0. The third-order valence-electron chi connectivity index (χ3n) is 18.0. The molecule has 25 nitrogen and oxygen atoms in total. The number of carbonyl (C=O) groups is 10. The van der Waals surface area contributed by atoms with Gasteiger partial charge in [0.05, 0.1) is 80.5 Å². The average molecular weight is 1260 g/mol.